The molecule has 0 saturated heterocycles. The van der Waals surface area contributed by atoms with Crippen molar-refractivity contribution in [1.82, 2.24) is 14.9 Å². The van der Waals surface area contributed by atoms with Gasteiger partial charge in [-0.3, -0.25) is 4.79 Å². The Labute approximate surface area is 169 Å². The fourth-order valence-electron chi connectivity index (χ4n) is 3.70. The van der Waals surface area contributed by atoms with Gasteiger partial charge in [-0.25, -0.2) is 4.98 Å². The van der Waals surface area contributed by atoms with Crippen LogP contribution in [0.5, 0.6) is 5.75 Å². The van der Waals surface area contributed by atoms with Gasteiger partial charge in [-0.1, -0.05) is 42.5 Å². The summed E-state index contributed by atoms with van der Waals surface area (Å²) in [6, 6.07) is 19.5. The molecule has 2 aromatic carbocycles. The first-order valence-electron chi connectivity index (χ1n) is 9.71. The van der Waals surface area contributed by atoms with Crippen LogP contribution in [0, 0.1) is 17.2 Å². The third-order valence-electron chi connectivity index (χ3n) is 5.17. The van der Waals surface area contributed by atoms with Crippen LogP contribution >= 0.6 is 0 Å². The molecule has 1 aromatic heterocycles. The summed E-state index contributed by atoms with van der Waals surface area (Å²) in [7, 11) is 0. The minimum absolute atomic E-state index is 0.0105. The third-order valence-corrected chi connectivity index (χ3v) is 5.17. The molecular formula is C23H22N4O2. The molecule has 0 bridgehead atoms. The van der Waals surface area contributed by atoms with Crippen molar-refractivity contribution in [1.29, 1.82) is 5.26 Å². The Morgan fingerprint density at radius 2 is 2.10 bits per heavy atom. The van der Waals surface area contributed by atoms with E-state index in [1.165, 1.54) is 0 Å². The Hall–Kier alpha value is -3.59. The smallest absolute Gasteiger partial charge is 0.223 e. The van der Waals surface area contributed by atoms with Crippen LogP contribution in [-0.2, 0) is 24.3 Å². The molecule has 1 atom stereocenters. The quantitative estimate of drug-likeness (QED) is 0.705. The maximum absolute atomic E-state index is 12.7. The first-order chi connectivity index (χ1) is 14.2. The van der Waals surface area contributed by atoms with E-state index >= 15 is 0 Å². The predicted octanol–water partition coefficient (Wildman–Crippen LogP) is 3.33. The van der Waals surface area contributed by atoms with Gasteiger partial charge in [0, 0.05) is 42.9 Å². The highest BCUT2D eigenvalue weighted by Gasteiger charge is 2.26. The minimum Gasteiger partial charge on any atom is -0.479 e. The highest BCUT2D eigenvalue weighted by atomic mass is 16.5. The fraction of sp³-hybridized carbons (Fsp3) is 0.261. The van der Waals surface area contributed by atoms with Crippen LogP contribution in [0.1, 0.15) is 17.7 Å². The number of nitrogens with one attached hydrogen (secondary N) is 1. The van der Waals surface area contributed by atoms with E-state index in [1.54, 1.807) is 6.07 Å². The SMILES string of the molecule is N#CCOc1cccc(CNC(=O)C2CCn3c(cnc3-c3ccccc3)C2)c1. The Morgan fingerprint density at radius 1 is 1.24 bits per heavy atom. The van der Waals surface area contributed by atoms with Crippen LogP contribution in [0.15, 0.2) is 60.8 Å². The van der Waals surface area contributed by atoms with Crippen LogP contribution < -0.4 is 10.1 Å². The lowest BCUT2D eigenvalue weighted by Crippen LogP contribution is -2.35. The molecule has 1 N–H and O–H groups in total. The van der Waals surface area contributed by atoms with Crippen LogP contribution in [0.4, 0.5) is 0 Å². The number of hydrogen-bond acceptors (Lipinski definition) is 4. The number of benzene rings is 2. The Balaban J connectivity index is 1.37. The molecule has 2 heterocycles. The molecule has 0 saturated carbocycles. The second kappa shape index (κ2) is 8.61. The van der Waals surface area contributed by atoms with Gasteiger partial charge >= 0.3 is 0 Å². The van der Waals surface area contributed by atoms with Gasteiger partial charge in [0.1, 0.15) is 17.6 Å². The second-order valence-corrected chi connectivity index (χ2v) is 7.09. The van der Waals surface area contributed by atoms with Gasteiger partial charge in [-0.05, 0) is 24.1 Å². The van der Waals surface area contributed by atoms with Crippen molar-refractivity contribution < 1.29 is 9.53 Å². The van der Waals surface area contributed by atoms with Crippen molar-refractivity contribution in [2.24, 2.45) is 5.92 Å². The molecule has 0 fully saturated rings. The Morgan fingerprint density at radius 3 is 2.93 bits per heavy atom. The summed E-state index contributed by atoms with van der Waals surface area (Å²) in [5.41, 5.74) is 3.14. The number of aromatic nitrogens is 2. The van der Waals surface area contributed by atoms with Gasteiger partial charge in [-0.15, -0.1) is 0 Å². The van der Waals surface area contributed by atoms with Crippen molar-refractivity contribution in [3.05, 3.63) is 72.1 Å². The largest absolute Gasteiger partial charge is 0.479 e. The summed E-state index contributed by atoms with van der Waals surface area (Å²) in [4.78, 5) is 17.3. The summed E-state index contributed by atoms with van der Waals surface area (Å²) in [6.45, 7) is 1.24. The summed E-state index contributed by atoms with van der Waals surface area (Å²) in [5.74, 6) is 1.60. The average molecular weight is 386 g/mol. The second-order valence-electron chi connectivity index (χ2n) is 7.09. The zero-order chi connectivity index (χ0) is 20.1. The molecule has 4 rings (SSSR count). The summed E-state index contributed by atoms with van der Waals surface area (Å²) < 4.78 is 7.53. The van der Waals surface area contributed by atoms with Crippen molar-refractivity contribution in [2.75, 3.05) is 6.61 Å². The van der Waals surface area contributed by atoms with E-state index in [4.69, 9.17) is 10.00 Å². The number of imidazole rings is 1. The molecule has 6 heteroatoms. The normalized spacial score (nSPS) is 15.2. The van der Waals surface area contributed by atoms with E-state index in [0.29, 0.717) is 18.7 Å². The zero-order valence-electron chi connectivity index (χ0n) is 16.0. The molecule has 1 amide bonds. The lowest BCUT2D eigenvalue weighted by molar-refractivity contribution is -0.125. The molecule has 146 valence electrons. The van der Waals surface area contributed by atoms with Crippen LogP contribution in [0.2, 0.25) is 0 Å². The maximum atomic E-state index is 12.7. The van der Waals surface area contributed by atoms with Gasteiger partial charge in [0.05, 0.1) is 0 Å². The zero-order valence-corrected chi connectivity index (χ0v) is 16.0. The van der Waals surface area contributed by atoms with Gasteiger partial charge in [0.25, 0.3) is 0 Å². The highest BCUT2D eigenvalue weighted by Crippen LogP contribution is 2.27. The topological polar surface area (TPSA) is 79.9 Å². The number of nitrogens with zero attached hydrogens (tertiary/aromatic N) is 3. The summed E-state index contributed by atoms with van der Waals surface area (Å²) in [5, 5.41) is 11.6. The van der Waals surface area contributed by atoms with Crippen molar-refractivity contribution >= 4 is 5.91 Å². The monoisotopic (exact) mass is 386 g/mol. The van der Waals surface area contributed by atoms with Crippen LogP contribution in [-0.4, -0.2) is 22.1 Å². The highest BCUT2D eigenvalue weighted by molar-refractivity contribution is 5.79. The van der Waals surface area contributed by atoms with Crippen molar-refractivity contribution in [3.8, 4) is 23.2 Å². The number of amides is 1. The first kappa shape index (κ1) is 18.8. The molecular weight excluding hydrogens is 364 g/mol. The predicted molar refractivity (Wildman–Crippen MR) is 109 cm³/mol. The third kappa shape index (κ3) is 4.30. The number of carbonyl (C=O) groups excluding carboxylic acids is 1. The van der Waals surface area contributed by atoms with E-state index in [9.17, 15) is 4.79 Å². The first-order valence-corrected chi connectivity index (χ1v) is 9.71. The van der Waals surface area contributed by atoms with E-state index in [1.807, 2.05) is 48.7 Å². The minimum atomic E-state index is -0.0548. The average Bonchev–Trinajstić information content (AvgIpc) is 3.20. The number of carbonyl (C=O) groups is 1. The van der Waals surface area contributed by atoms with Crippen LogP contribution in [0.25, 0.3) is 11.4 Å². The molecule has 0 spiro atoms. The van der Waals surface area contributed by atoms with E-state index in [-0.39, 0.29) is 18.4 Å². The summed E-state index contributed by atoms with van der Waals surface area (Å²) in [6.07, 6.45) is 3.37. The number of fused-ring (bicyclic) bond motifs is 1. The maximum Gasteiger partial charge on any atom is 0.223 e. The van der Waals surface area contributed by atoms with Gasteiger partial charge in [0.15, 0.2) is 6.61 Å². The molecule has 3 aromatic rings. The van der Waals surface area contributed by atoms with E-state index < -0.39 is 0 Å². The number of ether oxygens (including phenoxy) is 1. The van der Waals surface area contributed by atoms with Gasteiger partial charge in [-0.2, -0.15) is 5.26 Å². The van der Waals surface area contributed by atoms with Crippen molar-refractivity contribution in [3.63, 3.8) is 0 Å². The molecule has 0 aliphatic carbocycles. The van der Waals surface area contributed by atoms with E-state index in [2.05, 4.69) is 27.0 Å². The Bertz CT molecular complexity index is 1040. The van der Waals surface area contributed by atoms with Gasteiger partial charge < -0.3 is 14.6 Å². The molecule has 6 nitrogen and oxygen atoms in total. The molecule has 0 radical (unpaired) electrons. The molecule has 1 aliphatic rings. The summed E-state index contributed by atoms with van der Waals surface area (Å²) >= 11 is 0. The van der Waals surface area contributed by atoms with E-state index in [0.717, 1.165) is 35.6 Å². The number of nitriles is 1. The lowest BCUT2D eigenvalue weighted by Gasteiger charge is -2.24. The van der Waals surface area contributed by atoms with Crippen molar-refractivity contribution in [2.45, 2.75) is 25.9 Å². The van der Waals surface area contributed by atoms with Crippen LogP contribution in [0.3, 0.4) is 0 Å². The lowest BCUT2D eigenvalue weighted by atomic mass is 9.95. The molecule has 29 heavy (non-hydrogen) atoms. The number of rotatable bonds is 6. The fourth-order valence-corrected chi connectivity index (χ4v) is 3.70. The molecule has 1 aliphatic heterocycles. The Kier molecular flexibility index (Phi) is 5.57. The standard InChI is InChI=1S/C23H22N4O2/c24-10-12-29-21-8-4-5-17(13-21)15-26-23(28)19-9-11-27-20(14-19)16-25-22(27)18-6-2-1-3-7-18/h1-8,13,16,19H,9,11-12,14-15H2,(H,26,28). The number of hydrogen-bond donors (Lipinski definition) is 1. The van der Waals surface area contributed by atoms with Gasteiger partial charge in [0.2, 0.25) is 5.91 Å². The molecule has 1 unspecified atom stereocenters.